The van der Waals surface area contributed by atoms with E-state index in [2.05, 4.69) is 31.6 Å². The van der Waals surface area contributed by atoms with Crippen LogP contribution in [0.3, 0.4) is 0 Å². The van der Waals surface area contributed by atoms with Gasteiger partial charge < -0.3 is 10.2 Å². The van der Waals surface area contributed by atoms with Gasteiger partial charge in [0, 0.05) is 35.9 Å². The quantitative estimate of drug-likeness (QED) is 0.756. The molecule has 1 saturated heterocycles. The lowest BCUT2D eigenvalue weighted by molar-refractivity contribution is -0.116. The molecule has 3 aromatic heterocycles. The van der Waals surface area contributed by atoms with Gasteiger partial charge in [0.15, 0.2) is 11.6 Å². The van der Waals surface area contributed by atoms with Gasteiger partial charge in [-0.3, -0.25) is 4.79 Å². The molecule has 1 fully saturated rings. The fraction of sp³-hybridized carbons (Fsp3) is 0.368. The Hall–Kier alpha value is -2.74. The van der Waals surface area contributed by atoms with Gasteiger partial charge in [-0.1, -0.05) is 6.07 Å². The van der Waals surface area contributed by atoms with E-state index in [1.54, 1.807) is 16.0 Å². The topological polar surface area (TPSA) is 75.9 Å². The zero-order chi connectivity index (χ0) is 18.4. The second kappa shape index (κ2) is 6.45. The van der Waals surface area contributed by atoms with Gasteiger partial charge in [-0.15, -0.1) is 21.5 Å². The summed E-state index contributed by atoms with van der Waals surface area (Å²) >= 11 is 1.67. The number of carbonyl (C=O) groups excluding carboxylic acids is 1. The number of aromatic nitrogens is 4. The van der Waals surface area contributed by atoms with Crippen LogP contribution in [0.2, 0.25) is 0 Å². The summed E-state index contributed by atoms with van der Waals surface area (Å²) in [6.45, 7) is 4.05. The van der Waals surface area contributed by atoms with Crippen molar-refractivity contribution in [2.75, 3.05) is 23.3 Å². The van der Waals surface area contributed by atoms with Gasteiger partial charge in [0.25, 0.3) is 0 Å². The first-order chi connectivity index (χ1) is 13.2. The van der Waals surface area contributed by atoms with Crippen molar-refractivity contribution >= 4 is 28.9 Å². The summed E-state index contributed by atoms with van der Waals surface area (Å²) in [7, 11) is 0. The van der Waals surface area contributed by atoms with Crippen molar-refractivity contribution in [1.29, 1.82) is 0 Å². The molecule has 27 heavy (non-hydrogen) atoms. The Kier molecular flexibility index (Phi) is 3.93. The van der Waals surface area contributed by atoms with Gasteiger partial charge >= 0.3 is 0 Å². The number of carbonyl (C=O) groups is 1. The zero-order valence-corrected chi connectivity index (χ0v) is 15.9. The lowest BCUT2D eigenvalue weighted by Gasteiger charge is -2.23. The fourth-order valence-electron chi connectivity index (χ4n) is 3.99. The summed E-state index contributed by atoms with van der Waals surface area (Å²) in [5.74, 6) is 2.28. The van der Waals surface area contributed by atoms with Crippen LogP contribution in [0.1, 0.15) is 41.3 Å². The highest BCUT2D eigenvalue weighted by atomic mass is 32.1. The van der Waals surface area contributed by atoms with Crippen molar-refractivity contribution in [2.45, 2.75) is 32.1 Å². The summed E-state index contributed by atoms with van der Waals surface area (Å²) in [6, 6.07) is 8.01. The maximum Gasteiger partial charge on any atom is 0.226 e. The number of nitrogens with zero attached hydrogens (tertiary/aromatic N) is 5. The molecule has 7 nitrogen and oxygen atoms in total. The van der Waals surface area contributed by atoms with E-state index in [1.807, 2.05) is 30.5 Å². The third-order valence-electron chi connectivity index (χ3n) is 5.27. The lowest BCUT2D eigenvalue weighted by Crippen LogP contribution is -2.25. The van der Waals surface area contributed by atoms with Gasteiger partial charge in [0.05, 0.1) is 5.69 Å². The Balaban J connectivity index is 1.55. The number of anilines is 2. The molecule has 0 aromatic carbocycles. The van der Waals surface area contributed by atoms with Crippen molar-refractivity contribution in [1.82, 2.24) is 20.0 Å². The molecule has 1 atom stereocenters. The van der Waals surface area contributed by atoms with Gasteiger partial charge in [-0.25, -0.2) is 0 Å². The summed E-state index contributed by atoms with van der Waals surface area (Å²) < 4.78 is 1.71. The molecule has 0 spiro atoms. The Bertz CT molecular complexity index is 973. The number of aryl methyl sites for hydroxylation is 1. The Labute approximate surface area is 161 Å². The van der Waals surface area contributed by atoms with Crippen LogP contribution in [0.15, 0.2) is 29.6 Å². The molecular weight excluding hydrogens is 360 g/mol. The largest absolute Gasteiger partial charge is 0.355 e. The molecule has 5 heterocycles. The predicted molar refractivity (Wildman–Crippen MR) is 105 cm³/mol. The van der Waals surface area contributed by atoms with E-state index in [4.69, 9.17) is 0 Å². The van der Waals surface area contributed by atoms with Crippen LogP contribution in [-0.2, 0) is 4.79 Å². The fourth-order valence-corrected chi connectivity index (χ4v) is 4.83. The van der Waals surface area contributed by atoms with Crippen LogP contribution in [0.5, 0.6) is 0 Å². The van der Waals surface area contributed by atoms with E-state index in [1.165, 1.54) is 17.7 Å². The van der Waals surface area contributed by atoms with Crippen LogP contribution >= 0.6 is 11.3 Å². The van der Waals surface area contributed by atoms with Gasteiger partial charge in [0.2, 0.25) is 5.91 Å². The first-order valence-corrected chi connectivity index (χ1v) is 10.1. The van der Waals surface area contributed by atoms with E-state index < -0.39 is 0 Å². The average Bonchev–Trinajstić information content (AvgIpc) is 3.43. The number of fused-ring (bicyclic) bond motifs is 1. The number of thiophene rings is 1. The number of rotatable bonds is 3. The number of hydrogen-bond acceptors (Lipinski definition) is 6. The zero-order valence-electron chi connectivity index (χ0n) is 15.1. The van der Waals surface area contributed by atoms with Crippen LogP contribution < -0.4 is 10.2 Å². The molecule has 0 unspecified atom stereocenters. The van der Waals surface area contributed by atoms with Gasteiger partial charge in [0.1, 0.15) is 5.82 Å². The SMILES string of the molecule is Cc1nn(-c2ccc(N3CCCC3)nn2)c2c1[C@H](c1cccs1)CC(=O)N2. The maximum atomic E-state index is 12.4. The highest BCUT2D eigenvalue weighted by Crippen LogP contribution is 2.41. The molecule has 1 amide bonds. The van der Waals surface area contributed by atoms with Crippen molar-refractivity contribution in [3.63, 3.8) is 0 Å². The molecule has 0 bridgehead atoms. The van der Waals surface area contributed by atoms with Crippen molar-refractivity contribution in [2.24, 2.45) is 0 Å². The second-order valence-electron chi connectivity index (χ2n) is 7.02. The summed E-state index contributed by atoms with van der Waals surface area (Å²) in [4.78, 5) is 15.8. The molecule has 0 radical (unpaired) electrons. The lowest BCUT2D eigenvalue weighted by atomic mass is 9.91. The highest BCUT2D eigenvalue weighted by molar-refractivity contribution is 7.10. The highest BCUT2D eigenvalue weighted by Gasteiger charge is 2.33. The van der Waals surface area contributed by atoms with Gasteiger partial charge in [-0.2, -0.15) is 9.78 Å². The normalized spacial score (nSPS) is 19.2. The van der Waals surface area contributed by atoms with E-state index in [0.717, 1.165) is 30.2 Å². The van der Waals surface area contributed by atoms with Crippen LogP contribution in [-0.4, -0.2) is 39.0 Å². The molecule has 0 aliphatic carbocycles. The molecule has 3 aromatic rings. The Morgan fingerprint density at radius 3 is 2.63 bits per heavy atom. The van der Waals surface area contributed by atoms with Crippen molar-refractivity contribution < 1.29 is 4.79 Å². The number of hydrogen-bond donors (Lipinski definition) is 1. The maximum absolute atomic E-state index is 12.4. The number of nitrogens with one attached hydrogen (secondary N) is 1. The van der Waals surface area contributed by atoms with Crippen molar-refractivity contribution in [3.05, 3.63) is 45.8 Å². The number of amides is 1. The first kappa shape index (κ1) is 16.4. The van der Waals surface area contributed by atoms with E-state index in [0.29, 0.717) is 18.1 Å². The molecule has 138 valence electrons. The molecule has 0 saturated carbocycles. The molecule has 8 heteroatoms. The Morgan fingerprint density at radius 2 is 1.93 bits per heavy atom. The summed E-state index contributed by atoms with van der Waals surface area (Å²) in [5, 5.41) is 18.5. The minimum atomic E-state index is 0.00342. The standard InChI is InChI=1S/C19H20N6OS/c1-12-18-13(14-5-4-10-27-14)11-17(26)20-19(18)25(23-12)16-7-6-15(21-22-16)24-8-2-3-9-24/h4-7,10,13H,2-3,8-9,11H2,1H3,(H,20,26)/t13-/m0/s1. The summed E-state index contributed by atoms with van der Waals surface area (Å²) in [5.41, 5.74) is 1.98. The molecule has 5 rings (SSSR count). The molecule has 2 aliphatic rings. The second-order valence-corrected chi connectivity index (χ2v) is 8.00. The smallest absolute Gasteiger partial charge is 0.226 e. The minimum Gasteiger partial charge on any atom is -0.355 e. The minimum absolute atomic E-state index is 0.00342. The third kappa shape index (κ3) is 2.80. The van der Waals surface area contributed by atoms with E-state index in [-0.39, 0.29) is 11.8 Å². The first-order valence-electron chi connectivity index (χ1n) is 9.22. The van der Waals surface area contributed by atoms with Gasteiger partial charge in [-0.05, 0) is 43.3 Å². The van der Waals surface area contributed by atoms with Crippen LogP contribution in [0.25, 0.3) is 5.82 Å². The van der Waals surface area contributed by atoms with E-state index >= 15 is 0 Å². The molecule has 2 aliphatic heterocycles. The average molecular weight is 380 g/mol. The van der Waals surface area contributed by atoms with Crippen LogP contribution in [0, 0.1) is 6.92 Å². The molecule has 1 N–H and O–H groups in total. The third-order valence-corrected chi connectivity index (χ3v) is 6.26. The summed E-state index contributed by atoms with van der Waals surface area (Å²) in [6.07, 6.45) is 2.84. The van der Waals surface area contributed by atoms with Crippen LogP contribution in [0.4, 0.5) is 11.6 Å². The molecular formula is C19H20N6OS. The predicted octanol–water partition coefficient (Wildman–Crippen LogP) is 3.11. The van der Waals surface area contributed by atoms with Crippen molar-refractivity contribution in [3.8, 4) is 5.82 Å². The monoisotopic (exact) mass is 380 g/mol. The Morgan fingerprint density at radius 1 is 1.15 bits per heavy atom. The van der Waals surface area contributed by atoms with E-state index in [9.17, 15) is 4.79 Å².